The topological polar surface area (TPSA) is 72.6 Å². The van der Waals surface area contributed by atoms with Crippen molar-refractivity contribution in [3.63, 3.8) is 0 Å². The molecule has 0 spiro atoms. The van der Waals surface area contributed by atoms with E-state index >= 15 is 0 Å². The first kappa shape index (κ1) is 14.0. The van der Waals surface area contributed by atoms with Crippen LogP contribution in [-0.4, -0.2) is 34.9 Å². The van der Waals surface area contributed by atoms with E-state index in [9.17, 15) is 9.59 Å². The van der Waals surface area contributed by atoms with E-state index < -0.39 is 0 Å². The lowest BCUT2D eigenvalue weighted by Gasteiger charge is -2.16. The number of benzene rings is 1. The number of ether oxygens (including phenoxy) is 1. The van der Waals surface area contributed by atoms with Gasteiger partial charge in [0.25, 0.3) is 0 Å². The van der Waals surface area contributed by atoms with Gasteiger partial charge in [-0.05, 0) is 24.1 Å². The van der Waals surface area contributed by atoms with Crippen molar-refractivity contribution in [1.29, 1.82) is 0 Å². The molecule has 0 aromatic heterocycles. The average Bonchev–Trinajstić information content (AvgIpc) is 3.19. The molecule has 2 unspecified atom stereocenters. The van der Waals surface area contributed by atoms with E-state index in [4.69, 9.17) is 22.7 Å². The van der Waals surface area contributed by atoms with Gasteiger partial charge in [0, 0.05) is 6.42 Å². The van der Waals surface area contributed by atoms with Gasteiger partial charge in [0.1, 0.15) is 12.4 Å². The average molecular weight is 304 g/mol. The normalized spacial score (nSPS) is 23.1. The van der Waals surface area contributed by atoms with Crippen LogP contribution in [0.4, 0.5) is 0 Å². The van der Waals surface area contributed by atoms with Gasteiger partial charge in [-0.25, -0.2) is 0 Å². The molecule has 3 rings (SSSR count). The Balaban J connectivity index is 1.48. The third-order valence-corrected chi connectivity index (χ3v) is 3.99. The molecule has 0 radical (unpaired) electrons. The zero-order valence-electron chi connectivity index (χ0n) is 11.5. The summed E-state index contributed by atoms with van der Waals surface area (Å²) in [6.45, 7) is 0.630. The molecule has 1 aromatic rings. The summed E-state index contributed by atoms with van der Waals surface area (Å²) >= 11 is 4.85. The van der Waals surface area contributed by atoms with Crippen molar-refractivity contribution in [3.05, 3.63) is 29.8 Å². The standard InChI is InChI=1S/C15H16N2O3S/c16-13(21)7-9-1-3-10(4-2-9)20-6-5-17-14(18)11-8-12(11)15(17)19/h1-4,11-12H,5-8H2,(H2,16,21). The first-order chi connectivity index (χ1) is 10.1. The Morgan fingerprint density at radius 3 is 2.43 bits per heavy atom. The van der Waals surface area contributed by atoms with Crippen LogP contribution in [0.1, 0.15) is 12.0 Å². The van der Waals surface area contributed by atoms with Crippen molar-refractivity contribution < 1.29 is 14.3 Å². The summed E-state index contributed by atoms with van der Waals surface area (Å²) < 4.78 is 5.56. The van der Waals surface area contributed by atoms with Crippen LogP contribution >= 0.6 is 12.2 Å². The molecule has 21 heavy (non-hydrogen) atoms. The maximum atomic E-state index is 11.8. The maximum Gasteiger partial charge on any atom is 0.233 e. The fraction of sp³-hybridized carbons (Fsp3) is 0.400. The number of hydrogen-bond donors (Lipinski definition) is 1. The van der Waals surface area contributed by atoms with Crippen LogP contribution in [-0.2, 0) is 16.0 Å². The largest absolute Gasteiger partial charge is 0.492 e. The molecule has 1 aliphatic carbocycles. The summed E-state index contributed by atoms with van der Waals surface area (Å²) in [5, 5.41) is 0. The van der Waals surface area contributed by atoms with E-state index in [-0.39, 0.29) is 23.7 Å². The highest BCUT2D eigenvalue weighted by Crippen LogP contribution is 2.46. The molecule has 6 heteroatoms. The summed E-state index contributed by atoms with van der Waals surface area (Å²) in [6, 6.07) is 7.46. The van der Waals surface area contributed by atoms with Crippen molar-refractivity contribution in [1.82, 2.24) is 4.90 Å². The van der Waals surface area contributed by atoms with Crippen LogP contribution in [0.15, 0.2) is 24.3 Å². The first-order valence-corrected chi connectivity index (χ1v) is 7.32. The Bertz CT molecular complexity index is 579. The second kappa shape index (κ2) is 5.44. The Labute approximate surface area is 128 Å². The highest BCUT2D eigenvalue weighted by atomic mass is 32.1. The number of carbonyl (C=O) groups excluding carboxylic acids is 2. The number of nitrogens with zero attached hydrogens (tertiary/aromatic N) is 1. The lowest BCUT2D eigenvalue weighted by atomic mass is 10.1. The number of nitrogens with two attached hydrogens (primary N) is 1. The molecule has 1 aromatic carbocycles. The summed E-state index contributed by atoms with van der Waals surface area (Å²) in [6.07, 6.45) is 1.30. The molecule has 1 aliphatic heterocycles. The van der Waals surface area contributed by atoms with Crippen molar-refractivity contribution in [3.8, 4) is 5.75 Å². The number of rotatable bonds is 6. The first-order valence-electron chi connectivity index (χ1n) is 6.91. The lowest BCUT2D eigenvalue weighted by molar-refractivity contribution is -0.141. The smallest absolute Gasteiger partial charge is 0.233 e. The minimum absolute atomic E-state index is 0.0413. The van der Waals surface area contributed by atoms with E-state index in [0.717, 1.165) is 12.0 Å². The number of imide groups is 1. The predicted octanol–water partition coefficient (Wildman–Crippen LogP) is 0.899. The van der Waals surface area contributed by atoms with Gasteiger partial charge in [-0.15, -0.1) is 0 Å². The van der Waals surface area contributed by atoms with E-state index in [1.54, 1.807) is 0 Å². The second-order valence-corrected chi connectivity index (χ2v) is 5.94. The van der Waals surface area contributed by atoms with Gasteiger partial charge in [-0.1, -0.05) is 24.4 Å². The second-order valence-electron chi connectivity index (χ2n) is 5.41. The zero-order chi connectivity index (χ0) is 15.0. The SMILES string of the molecule is NC(=S)Cc1ccc(OCCN2C(=O)C3CC3C2=O)cc1. The van der Waals surface area contributed by atoms with Crippen LogP contribution in [0.5, 0.6) is 5.75 Å². The number of carbonyl (C=O) groups is 2. The van der Waals surface area contributed by atoms with Crippen LogP contribution in [0.3, 0.4) is 0 Å². The monoisotopic (exact) mass is 304 g/mol. The Kier molecular flexibility index (Phi) is 3.63. The number of hydrogen-bond acceptors (Lipinski definition) is 4. The maximum absolute atomic E-state index is 11.8. The number of piperidine rings is 1. The van der Waals surface area contributed by atoms with Crippen LogP contribution in [0.2, 0.25) is 0 Å². The number of amides is 2. The van der Waals surface area contributed by atoms with Gasteiger partial charge in [0.15, 0.2) is 0 Å². The number of fused-ring (bicyclic) bond motifs is 1. The highest BCUT2D eigenvalue weighted by molar-refractivity contribution is 7.80. The Hall–Kier alpha value is -1.95. The van der Waals surface area contributed by atoms with E-state index in [1.807, 2.05) is 24.3 Å². The minimum Gasteiger partial charge on any atom is -0.492 e. The Morgan fingerprint density at radius 1 is 1.24 bits per heavy atom. The molecule has 2 amide bonds. The summed E-state index contributed by atoms with van der Waals surface area (Å²) in [5.74, 6) is 0.528. The summed E-state index contributed by atoms with van der Waals surface area (Å²) in [5.41, 5.74) is 6.51. The predicted molar refractivity (Wildman–Crippen MR) is 80.7 cm³/mol. The van der Waals surface area contributed by atoms with Crippen molar-refractivity contribution in [2.24, 2.45) is 17.6 Å². The van der Waals surface area contributed by atoms with E-state index in [0.29, 0.717) is 30.3 Å². The molecule has 2 aliphatic rings. The molecule has 2 N–H and O–H groups in total. The minimum atomic E-state index is -0.0446. The van der Waals surface area contributed by atoms with Gasteiger partial charge in [0.2, 0.25) is 11.8 Å². The van der Waals surface area contributed by atoms with Gasteiger partial charge < -0.3 is 10.5 Å². The zero-order valence-corrected chi connectivity index (χ0v) is 12.3. The molecule has 2 fully saturated rings. The third-order valence-electron chi connectivity index (χ3n) is 3.84. The fourth-order valence-corrected chi connectivity index (χ4v) is 2.80. The van der Waals surface area contributed by atoms with Crippen molar-refractivity contribution >= 4 is 29.0 Å². The van der Waals surface area contributed by atoms with Gasteiger partial charge >= 0.3 is 0 Å². The Morgan fingerprint density at radius 2 is 1.86 bits per heavy atom. The molecule has 0 bridgehead atoms. The van der Waals surface area contributed by atoms with Gasteiger partial charge in [-0.3, -0.25) is 14.5 Å². The quantitative estimate of drug-likeness (QED) is 0.624. The molecular formula is C15H16N2O3S. The summed E-state index contributed by atoms with van der Waals surface area (Å²) in [4.78, 5) is 25.3. The van der Waals surface area contributed by atoms with Crippen molar-refractivity contribution in [2.75, 3.05) is 13.2 Å². The molecular weight excluding hydrogens is 288 g/mol. The van der Waals surface area contributed by atoms with Gasteiger partial charge in [-0.2, -0.15) is 0 Å². The highest BCUT2D eigenvalue weighted by Gasteiger charge is 2.58. The third kappa shape index (κ3) is 2.90. The summed E-state index contributed by atoms with van der Waals surface area (Å²) in [7, 11) is 0. The molecule has 1 saturated heterocycles. The molecule has 1 saturated carbocycles. The number of likely N-dealkylation sites (tertiary alicyclic amines) is 1. The molecule has 1 heterocycles. The van der Waals surface area contributed by atoms with Gasteiger partial charge in [0.05, 0.1) is 23.4 Å². The number of thiocarbonyl (C=S) groups is 1. The molecule has 2 atom stereocenters. The van der Waals surface area contributed by atoms with Crippen LogP contribution in [0, 0.1) is 11.8 Å². The lowest BCUT2D eigenvalue weighted by Crippen LogP contribution is -2.36. The van der Waals surface area contributed by atoms with E-state index in [2.05, 4.69) is 0 Å². The van der Waals surface area contributed by atoms with E-state index in [1.165, 1.54) is 4.90 Å². The molecule has 110 valence electrons. The molecule has 5 nitrogen and oxygen atoms in total. The van der Waals surface area contributed by atoms with Crippen LogP contribution < -0.4 is 10.5 Å². The van der Waals surface area contributed by atoms with Crippen molar-refractivity contribution in [2.45, 2.75) is 12.8 Å². The van der Waals surface area contributed by atoms with Crippen LogP contribution in [0.25, 0.3) is 0 Å². The fourth-order valence-electron chi connectivity index (χ4n) is 2.63.